The molecule has 7 nitrogen and oxygen atoms in total. The molecule has 2 aromatic rings. The summed E-state index contributed by atoms with van der Waals surface area (Å²) in [7, 11) is 1.62. The number of carbonyl (C=O) groups is 1. The SMILES string of the molecule is COCCOc1ccc(CNC(=O)c2ccnc(OC3CCSC3)c2)cn1. The minimum Gasteiger partial charge on any atom is -0.475 e. The fourth-order valence-corrected chi connectivity index (χ4v) is 3.60. The zero-order valence-corrected chi connectivity index (χ0v) is 16.0. The molecule has 0 spiro atoms. The highest BCUT2D eigenvalue weighted by Crippen LogP contribution is 2.22. The molecular formula is C19H23N3O4S. The maximum atomic E-state index is 12.4. The summed E-state index contributed by atoms with van der Waals surface area (Å²) in [6.45, 7) is 1.34. The summed E-state index contributed by atoms with van der Waals surface area (Å²) in [4.78, 5) is 20.8. The van der Waals surface area contributed by atoms with Gasteiger partial charge in [-0.2, -0.15) is 11.8 Å². The number of nitrogens with one attached hydrogen (secondary N) is 1. The predicted molar refractivity (Wildman–Crippen MR) is 103 cm³/mol. The number of rotatable bonds is 9. The Bertz CT molecular complexity index is 736. The number of hydrogen-bond donors (Lipinski definition) is 1. The molecular weight excluding hydrogens is 366 g/mol. The van der Waals surface area contributed by atoms with E-state index in [1.54, 1.807) is 37.7 Å². The number of thioether (sulfide) groups is 1. The van der Waals surface area contributed by atoms with E-state index in [2.05, 4.69) is 15.3 Å². The molecule has 1 amide bonds. The van der Waals surface area contributed by atoms with Crippen molar-refractivity contribution in [1.82, 2.24) is 15.3 Å². The van der Waals surface area contributed by atoms with Crippen LogP contribution in [0, 0.1) is 0 Å². The third-order valence-electron chi connectivity index (χ3n) is 3.96. The quantitative estimate of drug-likeness (QED) is 0.659. The summed E-state index contributed by atoms with van der Waals surface area (Å²) < 4.78 is 16.2. The topological polar surface area (TPSA) is 82.6 Å². The van der Waals surface area contributed by atoms with Gasteiger partial charge in [0, 0.05) is 49.5 Å². The fourth-order valence-electron chi connectivity index (χ4n) is 2.51. The number of hydrogen-bond acceptors (Lipinski definition) is 7. The van der Waals surface area contributed by atoms with Crippen LogP contribution in [0.3, 0.4) is 0 Å². The molecule has 0 aromatic carbocycles. The van der Waals surface area contributed by atoms with Crippen molar-refractivity contribution in [1.29, 1.82) is 0 Å². The van der Waals surface area contributed by atoms with Gasteiger partial charge >= 0.3 is 0 Å². The lowest BCUT2D eigenvalue weighted by atomic mass is 10.2. The highest BCUT2D eigenvalue weighted by atomic mass is 32.2. The molecule has 0 aliphatic carbocycles. The summed E-state index contributed by atoms with van der Waals surface area (Å²) in [6.07, 6.45) is 4.47. The normalized spacial score (nSPS) is 16.1. The minimum atomic E-state index is -0.177. The Morgan fingerprint density at radius 1 is 1.26 bits per heavy atom. The first kappa shape index (κ1) is 19.4. The average molecular weight is 389 g/mol. The molecule has 1 saturated heterocycles. The molecule has 1 N–H and O–H groups in total. The van der Waals surface area contributed by atoms with Crippen LogP contribution in [0.2, 0.25) is 0 Å². The van der Waals surface area contributed by atoms with Crippen LogP contribution in [-0.4, -0.2) is 53.8 Å². The van der Waals surface area contributed by atoms with Crippen molar-refractivity contribution in [3.05, 3.63) is 47.8 Å². The summed E-state index contributed by atoms with van der Waals surface area (Å²) in [5.74, 6) is 2.92. The molecule has 1 unspecified atom stereocenters. The van der Waals surface area contributed by atoms with E-state index >= 15 is 0 Å². The Hall–Kier alpha value is -2.32. The Kier molecular flexibility index (Phi) is 7.29. The van der Waals surface area contributed by atoms with E-state index in [0.29, 0.717) is 37.1 Å². The number of pyridine rings is 2. The minimum absolute atomic E-state index is 0.177. The Morgan fingerprint density at radius 2 is 2.19 bits per heavy atom. The number of nitrogens with zero attached hydrogens (tertiary/aromatic N) is 2. The second-order valence-electron chi connectivity index (χ2n) is 6.01. The van der Waals surface area contributed by atoms with Crippen molar-refractivity contribution in [2.24, 2.45) is 0 Å². The summed E-state index contributed by atoms with van der Waals surface area (Å²) in [5, 5.41) is 2.88. The third kappa shape index (κ3) is 6.11. The molecule has 1 fully saturated rings. The standard InChI is InChI=1S/C19H23N3O4S/c1-24-7-8-25-17-3-2-14(11-21-17)12-22-19(23)15-4-6-20-18(10-15)26-16-5-9-27-13-16/h2-4,6,10-11,16H,5,7-9,12-13H2,1H3,(H,22,23). The monoisotopic (exact) mass is 389 g/mol. The first-order valence-corrected chi connectivity index (χ1v) is 9.95. The molecule has 0 radical (unpaired) electrons. The van der Waals surface area contributed by atoms with Gasteiger partial charge in [0.05, 0.1) is 6.61 Å². The van der Waals surface area contributed by atoms with Crippen LogP contribution in [0.25, 0.3) is 0 Å². The highest BCUT2D eigenvalue weighted by Gasteiger charge is 2.18. The molecule has 3 rings (SSSR count). The Labute approximate surface area is 162 Å². The van der Waals surface area contributed by atoms with Crippen LogP contribution in [0.4, 0.5) is 0 Å². The van der Waals surface area contributed by atoms with E-state index in [1.807, 2.05) is 17.8 Å². The van der Waals surface area contributed by atoms with Crippen LogP contribution in [-0.2, 0) is 11.3 Å². The van der Waals surface area contributed by atoms with Crippen LogP contribution in [0.1, 0.15) is 22.3 Å². The number of aromatic nitrogens is 2. The van der Waals surface area contributed by atoms with Gasteiger partial charge in [0.2, 0.25) is 11.8 Å². The summed E-state index contributed by atoms with van der Waals surface area (Å²) in [5.41, 5.74) is 1.41. The lowest BCUT2D eigenvalue weighted by Crippen LogP contribution is -2.23. The van der Waals surface area contributed by atoms with Crippen molar-refractivity contribution < 1.29 is 19.0 Å². The highest BCUT2D eigenvalue weighted by molar-refractivity contribution is 7.99. The van der Waals surface area contributed by atoms with Gasteiger partial charge in [0.1, 0.15) is 12.7 Å². The Balaban J connectivity index is 1.50. The molecule has 27 heavy (non-hydrogen) atoms. The van der Waals surface area contributed by atoms with Crippen molar-refractivity contribution >= 4 is 17.7 Å². The second-order valence-corrected chi connectivity index (χ2v) is 7.16. The maximum absolute atomic E-state index is 12.4. The first-order valence-electron chi connectivity index (χ1n) is 8.80. The lowest BCUT2D eigenvalue weighted by Gasteiger charge is -2.12. The van der Waals surface area contributed by atoms with Gasteiger partial charge < -0.3 is 19.5 Å². The molecule has 1 aliphatic rings. The second kappa shape index (κ2) is 10.1. The number of carbonyl (C=O) groups excluding carboxylic acids is 1. The molecule has 0 bridgehead atoms. The van der Waals surface area contributed by atoms with E-state index in [0.717, 1.165) is 23.5 Å². The van der Waals surface area contributed by atoms with Gasteiger partial charge in [0.15, 0.2) is 0 Å². The largest absolute Gasteiger partial charge is 0.475 e. The maximum Gasteiger partial charge on any atom is 0.251 e. The van der Waals surface area contributed by atoms with Gasteiger partial charge in [0.25, 0.3) is 5.91 Å². The molecule has 144 valence electrons. The zero-order valence-electron chi connectivity index (χ0n) is 15.2. The van der Waals surface area contributed by atoms with Crippen molar-refractivity contribution in [3.63, 3.8) is 0 Å². The van der Waals surface area contributed by atoms with Gasteiger partial charge in [-0.1, -0.05) is 6.07 Å². The molecule has 8 heteroatoms. The fraction of sp³-hybridized carbons (Fsp3) is 0.421. The van der Waals surface area contributed by atoms with Crippen LogP contribution < -0.4 is 14.8 Å². The van der Waals surface area contributed by atoms with Crippen LogP contribution in [0.15, 0.2) is 36.7 Å². The van der Waals surface area contributed by atoms with E-state index in [1.165, 1.54) is 0 Å². The third-order valence-corrected chi connectivity index (χ3v) is 5.09. The smallest absolute Gasteiger partial charge is 0.251 e. The molecule has 1 aliphatic heterocycles. The summed E-state index contributed by atoms with van der Waals surface area (Å²) >= 11 is 1.87. The molecule has 1 atom stereocenters. The van der Waals surface area contributed by atoms with Crippen molar-refractivity contribution in [3.8, 4) is 11.8 Å². The van der Waals surface area contributed by atoms with Crippen LogP contribution in [0.5, 0.6) is 11.8 Å². The van der Waals surface area contributed by atoms with Crippen molar-refractivity contribution in [2.45, 2.75) is 19.1 Å². The van der Waals surface area contributed by atoms with Gasteiger partial charge in [-0.3, -0.25) is 4.79 Å². The Morgan fingerprint density at radius 3 is 2.93 bits per heavy atom. The zero-order chi connectivity index (χ0) is 18.9. The van der Waals surface area contributed by atoms with E-state index in [9.17, 15) is 4.79 Å². The number of amides is 1. The van der Waals surface area contributed by atoms with Gasteiger partial charge in [-0.05, 0) is 23.8 Å². The van der Waals surface area contributed by atoms with E-state index in [4.69, 9.17) is 14.2 Å². The van der Waals surface area contributed by atoms with E-state index < -0.39 is 0 Å². The van der Waals surface area contributed by atoms with Crippen molar-refractivity contribution in [2.75, 3.05) is 31.8 Å². The van der Waals surface area contributed by atoms with E-state index in [-0.39, 0.29) is 12.0 Å². The number of ether oxygens (including phenoxy) is 3. The average Bonchev–Trinajstić information content (AvgIpc) is 3.20. The number of methoxy groups -OCH3 is 1. The summed E-state index contributed by atoms with van der Waals surface area (Å²) in [6, 6.07) is 7.00. The van der Waals surface area contributed by atoms with Crippen LogP contribution >= 0.6 is 11.8 Å². The molecule has 0 saturated carbocycles. The molecule has 2 aromatic heterocycles. The lowest BCUT2D eigenvalue weighted by molar-refractivity contribution is 0.0949. The van der Waals surface area contributed by atoms with Gasteiger partial charge in [-0.25, -0.2) is 9.97 Å². The predicted octanol–water partition coefficient (Wildman–Crippen LogP) is 2.32. The first-order chi connectivity index (χ1) is 13.2. The van der Waals surface area contributed by atoms with Gasteiger partial charge in [-0.15, -0.1) is 0 Å². The molecule has 3 heterocycles.